The van der Waals surface area contributed by atoms with Crippen molar-refractivity contribution in [3.05, 3.63) is 30.1 Å². The SMILES string of the molecule is C[C@H]1CCCC[C@H]1OCCNC(=O)N(Cc1cccnc1)C1CC1. The molecule has 132 valence electrons. The van der Waals surface area contributed by atoms with Crippen LogP contribution in [0.15, 0.2) is 24.5 Å². The highest BCUT2D eigenvalue weighted by Gasteiger charge is 2.32. The maximum Gasteiger partial charge on any atom is 0.318 e. The van der Waals surface area contributed by atoms with Crippen LogP contribution in [-0.2, 0) is 11.3 Å². The summed E-state index contributed by atoms with van der Waals surface area (Å²) in [7, 11) is 0. The number of hydrogen-bond donors (Lipinski definition) is 1. The minimum atomic E-state index is 0.0154. The van der Waals surface area contributed by atoms with E-state index in [4.69, 9.17) is 4.74 Å². The third-order valence-corrected chi connectivity index (χ3v) is 5.07. The van der Waals surface area contributed by atoms with Gasteiger partial charge in [0, 0.05) is 31.5 Å². The lowest BCUT2D eigenvalue weighted by molar-refractivity contribution is -0.00275. The number of carbonyl (C=O) groups excluding carboxylic acids is 1. The van der Waals surface area contributed by atoms with E-state index in [2.05, 4.69) is 17.2 Å². The molecular formula is C19H29N3O2. The maximum atomic E-state index is 12.5. The molecule has 1 aromatic heterocycles. The summed E-state index contributed by atoms with van der Waals surface area (Å²) in [6.07, 6.45) is 11.2. The predicted molar refractivity (Wildman–Crippen MR) is 93.6 cm³/mol. The van der Waals surface area contributed by atoms with E-state index in [0.717, 1.165) is 24.8 Å². The molecule has 2 saturated carbocycles. The molecule has 0 radical (unpaired) electrons. The van der Waals surface area contributed by atoms with Gasteiger partial charge in [-0.25, -0.2) is 4.79 Å². The van der Waals surface area contributed by atoms with Gasteiger partial charge in [-0.05, 0) is 43.2 Å². The first-order valence-electron chi connectivity index (χ1n) is 9.29. The van der Waals surface area contributed by atoms with E-state index in [-0.39, 0.29) is 6.03 Å². The van der Waals surface area contributed by atoms with Crippen LogP contribution in [0.4, 0.5) is 4.79 Å². The van der Waals surface area contributed by atoms with Crippen LogP contribution in [0, 0.1) is 5.92 Å². The number of pyridine rings is 1. The van der Waals surface area contributed by atoms with Crippen molar-refractivity contribution in [2.75, 3.05) is 13.2 Å². The number of amides is 2. The molecule has 1 N–H and O–H groups in total. The molecule has 2 amide bonds. The number of rotatable bonds is 7. The summed E-state index contributed by atoms with van der Waals surface area (Å²) >= 11 is 0. The zero-order valence-corrected chi connectivity index (χ0v) is 14.6. The summed E-state index contributed by atoms with van der Waals surface area (Å²) in [5.74, 6) is 0.642. The lowest BCUT2D eigenvalue weighted by atomic mass is 9.88. The van der Waals surface area contributed by atoms with E-state index < -0.39 is 0 Å². The molecular weight excluding hydrogens is 302 g/mol. The maximum absolute atomic E-state index is 12.5. The number of nitrogens with zero attached hydrogens (tertiary/aromatic N) is 2. The lowest BCUT2D eigenvalue weighted by Gasteiger charge is -2.29. The van der Waals surface area contributed by atoms with E-state index in [1.54, 1.807) is 6.20 Å². The highest BCUT2D eigenvalue weighted by atomic mass is 16.5. The second kappa shape index (κ2) is 8.47. The summed E-state index contributed by atoms with van der Waals surface area (Å²) in [6, 6.07) is 4.33. The lowest BCUT2D eigenvalue weighted by Crippen LogP contribution is -2.42. The quantitative estimate of drug-likeness (QED) is 0.780. The molecule has 5 nitrogen and oxygen atoms in total. The molecule has 2 aliphatic rings. The van der Waals surface area contributed by atoms with E-state index in [1.807, 2.05) is 23.2 Å². The molecule has 2 fully saturated rings. The number of nitrogens with one attached hydrogen (secondary N) is 1. The number of hydrogen-bond acceptors (Lipinski definition) is 3. The van der Waals surface area contributed by atoms with Gasteiger partial charge in [0.15, 0.2) is 0 Å². The van der Waals surface area contributed by atoms with Crippen LogP contribution < -0.4 is 5.32 Å². The Morgan fingerprint density at radius 1 is 1.33 bits per heavy atom. The average Bonchev–Trinajstić information content (AvgIpc) is 3.43. The van der Waals surface area contributed by atoms with Gasteiger partial charge in [0.25, 0.3) is 0 Å². The largest absolute Gasteiger partial charge is 0.376 e. The molecule has 24 heavy (non-hydrogen) atoms. The summed E-state index contributed by atoms with van der Waals surface area (Å²) in [5.41, 5.74) is 1.08. The molecule has 2 aliphatic carbocycles. The smallest absolute Gasteiger partial charge is 0.318 e. The second-order valence-corrected chi connectivity index (χ2v) is 7.12. The number of carbonyl (C=O) groups is 1. The van der Waals surface area contributed by atoms with Crippen molar-refractivity contribution in [1.82, 2.24) is 15.2 Å². The van der Waals surface area contributed by atoms with Gasteiger partial charge >= 0.3 is 6.03 Å². The van der Waals surface area contributed by atoms with Gasteiger partial charge in [0.2, 0.25) is 0 Å². The first-order valence-corrected chi connectivity index (χ1v) is 9.29. The first-order chi connectivity index (χ1) is 11.7. The molecule has 3 rings (SSSR count). The van der Waals surface area contributed by atoms with Crippen molar-refractivity contribution in [1.29, 1.82) is 0 Å². The highest BCUT2D eigenvalue weighted by Crippen LogP contribution is 2.28. The Balaban J connectivity index is 1.41. The molecule has 0 saturated heterocycles. The van der Waals surface area contributed by atoms with Crippen LogP contribution in [0.5, 0.6) is 0 Å². The molecule has 1 aromatic rings. The van der Waals surface area contributed by atoms with Crippen LogP contribution in [0.25, 0.3) is 0 Å². The number of aromatic nitrogens is 1. The fourth-order valence-electron chi connectivity index (χ4n) is 3.44. The van der Waals surface area contributed by atoms with Crippen molar-refractivity contribution < 1.29 is 9.53 Å². The summed E-state index contributed by atoms with van der Waals surface area (Å²) < 4.78 is 5.98. The van der Waals surface area contributed by atoms with Crippen molar-refractivity contribution in [2.45, 2.75) is 64.1 Å². The third kappa shape index (κ3) is 4.94. The minimum Gasteiger partial charge on any atom is -0.376 e. The molecule has 5 heteroatoms. The zero-order valence-electron chi connectivity index (χ0n) is 14.6. The Kier molecular flexibility index (Phi) is 6.07. The van der Waals surface area contributed by atoms with Crippen molar-refractivity contribution in [3.63, 3.8) is 0 Å². The Bertz CT molecular complexity index is 519. The minimum absolute atomic E-state index is 0.0154. The summed E-state index contributed by atoms with van der Waals surface area (Å²) in [6.45, 7) is 4.08. The third-order valence-electron chi connectivity index (χ3n) is 5.07. The Labute approximate surface area is 144 Å². The molecule has 2 atom stereocenters. The van der Waals surface area contributed by atoms with Crippen LogP contribution >= 0.6 is 0 Å². The predicted octanol–water partition coefficient (Wildman–Crippen LogP) is 3.35. The normalized spacial score (nSPS) is 23.7. The van der Waals surface area contributed by atoms with Gasteiger partial charge in [-0.15, -0.1) is 0 Å². The van der Waals surface area contributed by atoms with Gasteiger partial charge in [0.05, 0.1) is 12.7 Å². The zero-order chi connectivity index (χ0) is 16.8. The molecule has 1 heterocycles. The number of ether oxygens (including phenoxy) is 1. The van der Waals surface area contributed by atoms with Gasteiger partial charge in [-0.3, -0.25) is 4.98 Å². The number of urea groups is 1. The second-order valence-electron chi connectivity index (χ2n) is 7.12. The van der Waals surface area contributed by atoms with E-state index in [0.29, 0.717) is 37.8 Å². The van der Waals surface area contributed by atoms with Crippen LogP contribution in [0.2, 0.25) is 0 Å². The summed E-state index contributed by atoms with van der Waals surface area (Å²) in [5, 5.41) is 3.02. The Hall–Kier alpha value is -1.62. The van der Waals surface area contributed by atoms with Crippen LogP contribution in [0.1, 0.15) is 51.0 Å². The van der Waals surface area contributed by atoms with Crippen molar-refractivity contribution in [3.8, 4) is 0 Å². The molecule has 0 spiro atoms. The van der Waals surface area contributed by atoms with Crippen LogP contribution in [-0.4, -0.2) is 41.2 Å². The van der Waals surface area contributed by atoms with Crippen molar-refractivity contribution >= 4 is 6.03 Å². The standard InChI is InChI=1S/C19H29N3O2/c1-15-5-2-3-7-18(15)24-12-11-21-19(23)22(17-8-9-17)14-16-6-4-10-20-13-16/h4,6,10,13,15,17-18H,2-3,5,7-9,11-12,14H2,1H3,(H,21,23)/t15-,18+/m0/s1. The van der Waals surface area contributed by atoms with E-state index >= 15 is 0 Å². The molecule has 0 unspecified atom stereocenters. The average molecular weight is 331 g/mol. The van der Waals surface area contributed by atoms with E-state index in [9.17, 15) is 4.79 Å². The molecule has 0 aromatic carbocycles. The van der Waals surface area contributed by atoms with E-state index in [1.165, 1.54) is 19.3 Å². The van der Waals surface area contributed by atoms with Gasteiger partial charge in [0.1, 0.15) is 0 Å². The summed E-state index contributed by atoms with van der Waals surface area (Å²) in [4.78, 5) is 18.5. The fraction of sp³-hybridized carbons (Fsp3) is 0.684. The topological polar surface area (TPSA) is 54.5 Å². The van der Waals surface area contributed by atoms with Gasteiger partial charge in [-0.1, -0.05) is 25.8 Å². The van der Waals surface area contributed by atoms with Crippen molar-refractivity contribution in [2.24, 2.45) is 5.92 Å². The van der Waals surface area contributed by atoms with Crippen LogP contribution in [0.3, 0.4) is 0 Å². The fourth-order valence-corrected chi connectivity index (χ4v) is 3.44. The first kappa shape index (κ1) is 17.2. The molecule has 0 aliphatic heterocycles. The van der Waals surface area contributed by atoms with Gasteiger partial charge < -0.3 is 15.0 Å². The highest BCUT2D eigenvalue weighted by molar-refractivity contribution is 5.74. The van der Waals surface area contributed by atoms with Gasteiger partial charge in [-0.2, -0.15) is 0 Å². The Morgan fingerprint density at radius 2 is 2.17 bits per heavy atom. The monoisotopic (exact) mass is 331 g/mol. The molecule has 0 bridgehead atoms. The Morgan fingerprint density at radius 3 is 2.88 bits per heavy atom.